The van der Waals surface area contributed by atoms with E-state index in [-0.39, 0.29) is 0 Å². The Morgan fingerprint density at radius 3 is 2.13 bits per heavy atom. The molecule has 0 aromatic carbocycles. The van der Waals surface area contributed by atoms with E-state index in [0.29, 0.717) is 12.5 Å². The number of hydrogen-bond acceptors (Lipinski definition) is 2. The van der Waals surface area contributed by atoms with E-state index in [9.17, 15) is 4.91 Å². The molecule has 0 heterocycles. The molecule has 0 fully saturated rings. The van der Waals surface area contributed by atoms with Crippen molar-refractivity contribution < 1.29 is 0 Å². The molecule has 0 spiro atoms. The highest BCUT2D eigenvalue weighted by atomic mass is 16.3. The molecule has 0 N–H and O–H groups in total. The number of nitrogens with zero attached hydrogens (tertiary/aromatic N) is 1. The first-order chi connectivity index (χ1) is 7.31. The van der Waals surface area contributed by atoms with Gasteiger partial charge in [-0.05, 0) is 12.3 Å². The molecule has 0 aliphatic carbocycles. The van der Waals surface area contributed by atoms with Crippen LogP contribution in [0.15, 0.2) is 5.18 Å². The summed E-state index contributed by atoms with van der Waals surface area (Å²) in [5, 5.41) is 2.90. The fraction of sp³-hybridized carbons (Fsp3) is 1.00. The molecule has 2 heteroatoms. The van der Waals surface area contributed by atoms with E-state index < -0.39 is 0 Å². The van der Waals surface area contributed by atoms with E-state index >= 15 is 0 Å². The molecule has 0 aliphatic rings. The van der Waals surface area contributed by atoms with Crippen LogP contribution in [0.3, 0.4) is 0 Å². The van der Waals surface area contributed by atoms with Gasteiger partial charge >= 0.3 is 0 Å². The summed E-state index contributed by atoms with van der Waals surface area (Å²) in [6.07, 6.45) is 11.8. The van der Waals surface area contributed by atoms with Crippen LogP contribution in [0, 0.1) is 10.8 Å². The van der Waals surface area contributed by atoms with Crippen LogP contribution in [0.2, 0.25) is 0 Å². The van der Waals surface area contributed by atoms with Gasteiger partial charge in [0, 0.05) is 0 Å². The van der Waals surface area contributed by atoms with Crippen molar-refractivity contribution in [2.75, 3.05) is 6.54 Å². The SMILES string of the molecule is CCCCCCCCCC(C)CCN=O. The van der Waals surface area contributed by atoms with Crippen LogP contribution < -0.4 is 0 Å². The maximum Gasteiger partial charge on any atom is 0.0813 e. The minimum absolute atomic E-state index is 0.498. The monoisotopic (exact) mass is 213 g/mol. The van der Waals surface area contributed by atoms with Crippen molar-refractivity contribution in [2.24, 2.45) is 11.1 Å². The van der Waals surface area contributed by atoms with Crippen LogP contribution in [0.4, 0.5) is 0 Å². The predicted molar refractivity (Wildman–Crippen MR) is 67.1 cm³/mol. The Hall–Kier alpha value is -0.400. The highest BCUT2D eigenvalue weighted by Crippen LogP contribution is 2.14. The number of rotatable bonds is 11. The van der Waals surface area contributed by atoms with E-state index in [2.05, 4.69) is 19.0 Å². The molecule has 0 bridgehead atoms. The second-order valence-corrected chi connectivity index (χ2v) is 4.66. The molecular formula is C13H27NO. The molecule has 2 nitrogen and oxygen atoms in total. The fourth-order valence-electron chi connectivity index (χ4n) is 1.87. The third kappa shape index (κ3) is 11.5. The van der Waals surface area contributed by atoms with Gasteiger partial charge in [-0.2, -0.15) is 4.91 Å². The number of unbranched alkanes of at least 4 members (excludes halogenated alkanes) is 6. The molecule has 15 heavy (non-hydrogen) atoms. The summed E-state index contributed by atoms with van der Waals surface area (Å²) in [6.45, 7) is 4.97. The zero-order chi connectivity index (χ0) is 11.4. The molecule has 0 amide bonds. The zero-order valence-electron chi connectivity index (χ0n) is 10.5. The second-order valence-electron chi connectivity index (χ2n) is 4.66. The summed E-state index contributed by atoms with van der Waals surface area (Å²) in [6, 6.07) is 0. The average molecular weight is 213 g/mol. The molecule has 0 saturated carbocycles. The largest absolute Gasteiger partial charge is 0.151 e. The standard InChI is InChI=1S/C13H27NO/c1-3-4-5-6-7-8-9-10-13(2)11-12-14-15/h13H,3-12H2,1-2H3. The molecule has 0 aliphatic heterocycles. The first-order valence-electron chi connectivity index (χ1n) is 6.60. The lowest BCUT2D eigenvalue weighted by Gasteiger charge is -2.08. The summed E-state index contributed by atoms with van der Waals surface area (Å²) < 4.78 is 0. The van der Waals surface area contributed by atoms with Crippen molar-refractivity contribution in [2.45, 2.75) is 71.6 Å². The Morgan fingerprint density at radius 2 is 1.53 bits per heavy atom. The van der Waals surface area contributed by atoms with Gasteiger partial charge in [-0.25, -0.2) is 0 Å². The van der Waals surface area contributed by atoms with Crippen molar-refractivity contribution >= 4 is 0 Å². The topological polar surface area (TPSA) is 29.4 Å². The van der Waals surface area contributed by atoms with E-state index in [4.69, 9.17) is 0 Å². The predicted octanol–water partition coefficient (Wildman–Crippen LogP) is 4.92. The molecular weight excluding hydrogens is 186 g/mol. The smallest absolute Gasteiger partial charge is 0.0813 e. The Labute approximate surface area is 94.8 Å². The molecule has 0 saturated heterocycles. The Bertz CT molecular complexity index is 136. The van der Waals surface area contributed by atoms with Gasteiger partial charge in [0.1, 0.15) is 0 Å². The molecule has 0 aromatic rings. The quantitative estimate of drug-likeness (QED) is 0.354. The summed E-state index contributed by atoms with van der Waals surface area (Å²) in [5.41, 5.74) is 0. The lowest BCUT2D eigenvalue weighted by molar-refractivity contribution is 0.460. The van der Waals surface area contributed by atoms with Crippen LogP contribution >= 0.6 is 0 Å². The molecule has 0 aromatic heterocycles. The highest BCUT2D eigenvalue weighted by Gasteiger charge is 2.01. The maximum atomic E-state index is 9.94. The van der Waals surface area contributed by atoms with E-state index in [1.54, 1.807) is 0 Å². The zero-order valence-corrected chi connectivity index (χ0v) is 10.5. The van der Waals surface area contributed by atoms with Crippen LogP contribution in [-0.4, -0.2) is 6.54 Å². The Balaban J connectivity index is 3.05. The number of nitroso groups, excluding NO2 is 1. The fourth-order valence-corrected chi connectivity index (χ4v) is 1.87. The molecule has 1 atom stereocenters. The lowest BCUT2D eigenvalue weighted by Crippen LogP contribution is -1.96. The summed E-state index contributed by atoms with van der Waals surface area (Å²) in [7, 11) is 0. The lowest BCUT2D eigenvalue weighted by atomic mass is 9.99. The molecule has 0 rings (SSSR count). The van der Waals surface area contributed by atoms with Crippen LogP contribution in [-0.2, 0) is 0 Å². The van der Waals surface area contributed by atoms with E-state index in [0.717, 1.165) is 6.42 Å². The van der Waals surface area contributed by atoms with Gasteiger partial charge in [0.25, 0.3) is 0 Å². The summed E-state index contributed by atoms with van der Waals surface area (Å²) in [5.74, 6) is 0.679. The van der Waals surface area contributed by atoms with Gasteiger partial charge in [-0.15, -0.1) is 0 Å². The average Bonchev–Trinajstić information content (AvgIpc) is 2.25. The third-order valence-electron chi connectivity index (χ3n) is 3.01. The third-order valence-corrected chi connectivity index (χ3v) is 3.01. The number of hydrogen-bond donors (Lipinski definition) is 0. The normalized spacial score (nSPS) is 12.7. The van der Waals surface area contributed by atoms with Crippen LogP contribution in [0.1, 0.15) is 71.6 Å². The summed E-state index contributed by atoms with van der Waals surface area (Å²) >= 11 is 0. The summed E-state index contributed by atoms with van der Waals surface area (Å²) in [4.78, 5) is 9.94. The second kappa shape index (κ2) is 11.7. The van der Waals surface area contributed by atoms with Gasteiger partial charge in [0.15, 0.2) is 0 Å². The highest BCUT2D eigenvalue weighted by molar-refractivity contribution is 4.56. The van der Waals surface area contributed by atoms with Crippen molar-refractivity contribution in [1.29, 1.82) is 0 Å². The molecule has 90 valence electrons. The Kier molecular flexibility index (Phi) is 11.4. The minimum Gasteiger partial charge on any atom is -0.151 e. The van der Waals surface area contributed by atoms with Crippen molar-refractivity contribution in [3.8, 4) is 0 Å². The van der Waals surface area contributed by atoms with Gasteiger partial charge in [0.2, 0.25) is 0 Å². The van der Waals surface area contributed by atoms with Crippen molar-refractivity contribution in [3.63, 3.8) is 0 Å². The first-order valence-corrected chi connectivity index (χ1v) is 6.60. The van der Waals surface area contributed by atoms with Crippen LogP contribution in [0.25, 0.3) is 0 Å². The van der Waals surface area contributed by atoms with Gasteiger partial charge in [-0.3, -0.25) is 0 Å². The van der Waals surface area contributed by atoms with Crippen molar-refractivity contribution in [1.82, 2.24) is 0 Å². The molecule has 0 radical (unpaired) electrons. The maximum absolute atomic E-state index is 9.94. The van der Waals surface area contributed by atoms with Crippen LogP contribution in [0.5, 0.6) is 0 Å². The first kappa shape index (κ1) is 14.6. The molecule has 1 unspecified atom stereocenters. The van der Waals surface area contributed by atoms with E-state index in [1.807, 2.05) is 0 Å². The van der Waals surface area contributed by atoms with Gasteiger partial charge in [-0.1, -0.05) is 70.4 Å². The van der Waals surface area contributed by atoms with E-state index in [1.165, 1.54) is 51.4 Å². The Morgan fingerprint density at radius 1 is 0.933 bits per heavy atom. The van der Waals surface area contributed by atoms with Gasteiger partial charge in [0.05, 0.1) is 6.54 Å². The van der Waals surface area contributed by atoms with Gasteiger partial charge < -0.3 is 0 Å². The minimum atomic E-state index is 0.498. The van der Waals surface area contributed by atoms with Crippen molar-refractivity contribution in [3.05, 3.63) is 4.91 Å².